The van der Waals surface area contributed by atoms with E-state index < -0.39 is 11.0 Å². The largest absolute Gasteiger partial charge is 0.481 e. The highest BCUT2D eigenvalue weighted by Crippen LogP contribution is 2.41. The molecule has 1 aromatic heterocycles. The first-order chi connectivity index (χ1) is 13.2. The summed E-state index contributed by atoms with van der Waals surface area (Å²) in [5.74, 6) is 1.13. The number of aromatic nitrogens is 1. The van der Waals surface area contributed by atoms with Crippen molar-refractivity contribution in [1.82, 2.24) is 4.98 Å². The van der Waals surface area contributed by atoms with Gasteiger partial charge in [0.05, 0.1) is 23.3 Å². The van der Waals surface area contributed by atoms with E-state index in [2.05, 4.69) is 10.3 Å². The molecule has 0 radical (unpaired) electrons. The molecule has 4 rings (SSSR count). The van der Waals surface area contributed by atoms with E-state index in [0.29, 0.717) is 17.3 Å². The highest BCUT2D eigenvalue weighted by atomic mass is 16.6. The summed E-state index contributed by atoms with van der Waals surface area (Å²) in [6, 6.07) is 17.6. The third-order valence-electron chi connectivity index (χ3n) is 4.38. The van der Waals surface area contributed by atoms with Crippen LogP contribution in [0.5, 0.6) is 5.88 Å². The molecule has 0 amide bonds. The lowest BCUT2D eigenvalue weighted by atomic mass is 9.96. The van der Waals surface area contributed by atoms with Crippen LogP contribution >= 0.6 is 0 Å². The summed E-state index contributed by atoms with van der Waals surface area (Å²) in [5, 5.41) is 14.5. The zero-order valence-corrected chi connectivity index (χ0v) is 14.5. The van der Waals surface area contributed by atoms with Gasteiger partial charge < -0.3 is 10.1 Å². The number of ether oxygens (including phenoxy) is 1. The van der Waals surface area contributed by atoms with Crippen molar-refractivity contribution in [3.05, 3.63) is 93.7 Å². The molecular formula is C20H16N4O3. The molecule has 2 heterocycles. The Hall–Kier alpha value is -3.74. The summed E-state index contributed by atoms with van der Waals surface area (Å²) < 4.78 is 5.43. The first kappa shape index (κ1) is 16.7. The number of fused-ring (bicyclic) bond motifs is 1. The lowest BCUT2D eigenvalue weighted by molar-refractivity contribution is -0.384. The van der Waals surface area contributed by atoms with E-state index in [1.807, 2.05) is 42.5 Å². The molecule has 0 saturated heterocycles. The standard InChI is InChI=1S/C20H16N4O3/c1-27-20-17-16(10-11-21-20)22-19(13-6-3-2-4-7-13)23-18(17)14-8-5-9-15(12-14)24(25)26/h2-12,18H,1H3,(H,22,23). The van der Waals surface area contributed by atoms with E-state index in [9.17, 15) is 10.1 Å². The fourth-order valence-corrected chi connectivity index (χ4v) is 3.14. The number of amidine groups is 1. The van der Waals surface area contributed by atoms with Crippen LogP contribution in [0.4, 0.5) is 11.4 Å². The van der Waals surface area contributed by atoms with Crippen LogP contribution in [0.2, 0.25) is 0 Å². The Kier molecular flexibility index (Phi) is 4.25. The smallest absolute Gasteiger partial charge is 0.269 e. The molecule has 1 atom stereocenters. The number of nitrogens with zero attached hydrogens (tertiary/aromatic N) is 3. The molecule has 0 fully saturated rings. The van der Waals surface area contributed by atoms with Gasteiger partial charge in [-0.25, -0.2) is 4.98 Å². The molecule has 1 N–H and O–H groups in total. The number of methoxy groups -OCH3 is 1. The molecule has 0 bridgehead atoms. The second-order valence-electron chi connectivity index (χ2n) is 6.00. The van der Waals surface area contributed by atoms with Crippen LogP contribution in [-0.4, -0.2) is 22.9 Å². The Morgan fingerprint density at radius 2 is 1.93 bits per heavy atom. The molecule has 27 heavy (non-hydrogen) atoms. The maximum Gasteiger partial charge on any atom is 0.269 e. The monoisotopic (exact) mass is 360 g/mol. The highest BCUT2D eigenvalue weighted by molar-refractivity contribution is 6.10. The third kappa shape index (κ3) is 3.10. The third-order valence-corrected chi connectivity index (χ3v) is 4.38. The summed E-state index contributed by atoms with van der Waals surface area (Å²) in [7, 11) is 1.55. The lowest BCUT2D eigenvalue weighted by Crippen LogP contribution is -2.23. The van der Waals surface area contributed by atoms with Crippen LogP contribution in [0, 0.1) is 10.1 Å². The van der Waals surface area contributed by atoms with E-state index in [-0.39, 0.29) is 5.69 Å². The minimum atomic E-state index is -0.472. The van der Waals surface area contributed by atoms with Crippen molar-refractivity contribution >= 4 is 17.2 Å². The van der Waals surface area contributed by atoms with E-state index >= 15 is 0 Å². The zero-order chi connectivity index (χ0) is 18.8. The van der Waals surface area contributed by atoms with Crippen molar-refractivity contribution in [2.45, 2.75) is 6.04 Å². The van der Waals surface area contributed by atoms with Crippen LogP contribution in [0.1, 0.15) is 22.7 Å². The quantitative estimate of drug-likeness (QED) is 0.562. The van der Waals surface area contributed by atoms with Crippen LogP contribution in [0.3, 0.4) is 0 Å². The predicted octanol–water partition coefficient (Wildman–Crippen LogP) is 3.96. The predicted molar refractivity (Wildman–Crippen MR) is 102 cm³/mol. The van der Waals surface area contributed by atoms with Crippen LogP contribution < -0.4 is 10.1 Å². The van der Waals surface area contributed by atoms with Crippen LogP contribution in [-0.2, 0) is 0 Å². The second kappa shape index (κ2) is 6.87. The van der Waals surface area contributed by atoms with Gasteiger partial charge in [-0.1, -0.05) is 42.5 Å². The van der Waals surface area contributed by atoms with Gasteiger partial charge in [-0.3, -0.25) is 15.1 Å². The first-order valence-corrected chi connectivity index (χ1v) is 8.35. The molecule has 134 valence electrons. The normalized spacial score (nSPS) is 15.3. The number of nitro groups is 1. The summed E-state index contributed by atoms with van der Waals surface area (Å²) in [6.07, 6.45) is 1.66. The second-order valence-corrected chi connectivity index (χ2v) is 6.00. The number of hydrogen-bond donors (Lipinski definition) is 1. The van der Waals surface area contributed by atoms with E-state index in [4.69, 9.17) is 9.73 Å². The number of nitro benzene ring substituents is 1. The fraction of sp³-hybridized carbons (Fsp3) is 0.100. The number of nitrogens with one attached hydrogen (secondary N) is 1. The minimum absolute atomic E-state index is 0.0203. The zero-order valence-electron chi connectivity index (χ0n) is 14.5. The van der Waals surface area contributed by atoms with Gasteiger partial charge in [0.1, 0.15) is 11.9 Å². The Morgan fingerprint density at radius 3 is 2.67 bits per heavy atom. The number of aliphatic imine (C=N–C) groups is 1. The molecule has 2 aromatic carbocycles. The molecule has 7 nitrogen and oxygen atoms in total. The average molecular weight is 360 g/mol. The maximum absolute atomic E-state index is 11.2. The molecule has 1 unspecified atom stereocenters. The molecule has 0 saturated carbocycles. The minimum Gasteiger partial charge on any atom is -0.481 e. The van der Waals surface area contributed by atoms with Crippen LogP contribution in [0.25, 0.3) is 0 Å². The van der Waals surface area contributed by atoms with Gasteiger partial charge in [0.2, 0.25) is 5.88 Å². The fourth-order valence-electron chi connectivity index (χ4n) is 3.14. The number of rotatable bonds is 4. The van der Waals surface area contributed by atoms with Crippen molar-refractivity contribution in [2.75, 3.05) is 12.4 Å². The summed E-state index contributed by atoms with van der Waals surface area (Å²) in [6.45, 7) is 0. The Labute approximate surface area is 155 Å². The molecule has 3 aromatic rings. The molecule has 1 aliphatic heterocycles. The van der Waals surface area contributed by atoms with Gasteiger partial charge in [-0.05, 0) is 11.6 Å². The lowest BCUT2D eigenvalue weighted by Gasteiger charge is -2.26. The van der Waals surface area contributed by atoms with Gasteiger partial charge in [0.25, 0.3) is 5.69 Å². The van der Waals surface area contributed by atoms with E-state index in [1.54, 1.807) is 25.4 Å². The van der Waals surface area contributed by atoms with Crippen molar-refractivity contribution in [3.8, 4) is 5.88 Å². The van der Waals surface area contributed by atoms with E-state index in [1.165, 1.54) is 6.07 Å². The molecular weight excluding hydrogens is 344 g/mol. The van der Waals surface area contributed by atoms with Gasteiger partial charge in [0, 0.05) is 23.9 Å². The van der Waals surface area contributed by atoms with Gasteiger partial charge in [0.15, 0.2) is 0 Å². The Balaban J connectivity index is 1.90. The van der Waals surface area contributed by atoms with Crippen molar-refractivity contribution in [2.24, 2.45) is 4.99 Å². The molecule has 7 heteroatoms. The Bertz CT molecular complexity index is 1030. The topological polar surface area (TPSA) is 89.7 Å². The SMILES string of the molecule is COc1nccc2c1C(c1cccc([N+](=O)[O-])c1)N=C(c1ccccc1)N2. The molecule has 1 aliphatic rings. The van der Waals surface area contributed by atoms with Crippen molar-refractivity contribution in [3.63, 3.8) is 0 Å². The number of non-ortho nitro benzene ring substituents is 1. The number of hydrogen-bond acceptors (Lipinski definition) is 6. The summed E-state index contributed by atoms with van der Waals surface area (Å²) >= 11 is 0. The molecule has 0 spiro atoms. The number of anilines is 1. The Morgan fingerprint density at radius 1 is 1.11 bits per heavy atom. The average Bonchev–Trinajstić information content (AvgIpc) is 2.73. The first-order valence-electron chi connectivity index (χ1n) is 8.35. The summed E-state index contributed by atoms with van der Waals surface area (Å²) in [4.78, 5) is 19.9. The maximum atomic E-state index is 11.2. The van der Waals surface area contributed by atoms with E-state index in [0.717, 1.165) is 16.8 Å². The van der Waals surface area contributed by atoms with Gasteiger partial charge in [-0.15, -0.1) is 0 Å². The van der Waals surface area contributed by atoms with Gasteiger partial charge >= 0.3 is 0 Å². The van der Waals surface area contributed by atoms with Crippen LogP contribution in [0.15, 0.2) is 71.9 Å². The number of benzene rings is 2. The highest BCUT2D eigenvalue weighted by Gasteiger charge is 2.28. The van der Waals surface area contributed by atoms with Gasteiger partial charge in [-0.2, -0.15) is 0 Å². The molecule has 0 aliphatic carbocycles. The van der Waals surface area contributed by atoms with Crippen molar-refractivity contribution in [1.29, 1.82) is 0 Å². The van der Waals surface area contributed by atoms with Crippen molar-refractivity contribution < 1.29 is 9.66 Å². The number of pyridine rings is 1. The summed E-state index contributed by atoms with van der Waals surface area (Å²) in [5.41, 5.74) is 3.21.